The Morgan fingerprint density at radius 1 is 1.31 bits per heavy atom. The van der Waals surface area contributed by atoms with Gasteiger partial charge in [0.1, 0.15) is 17.0 Å². The summed E-state index contributed by atoms with van der Waals surface area (Å²) in [4.78, 5) is 15.8. The second-order valence-corrected chi connectivity index (χ2v) is 9.93. The monoisotopic (exact) mass is 475 g/mol. The quantitative estimate of drug-likeness (QED) is 0.440. The van der Waals surface area contributed by atoms with Gasteiger partial charge >= 0.3 is 5.76 Å². The van der Waals surface area contributed by atoms with E-state index in [2.05, 4.69) is 19.4 Å². The van der Waals surface area contributed by atoms with Gasteiger partial charge in [-0.25, -0.2) is 22.6 Å². The van der Waals surface area contributed by atoms with Crippen LogP contribution in [0.4, 0.5) is 9.52 Å². The lowest BCUT2D eigenvalue weighted by Crippen LogP contribution is -2.40. The number of sulfonamides is 1. The number of halogens is 1. The highest BCUT2D eigenvalue weighted by Gasteiger charge is 2.28. The van der Waals surface area contributed by atoms with Gasteiger partial charge in [-0.3, -0.25) is 9.29 Å². The van der Waals surface area contributed by atoms with Gasteiger partial charge in [-0.1, -0.05) is 24.3 Å². The van der Waals surface area contributed by atoms with Crippen LogP contribution in [0.25, 0.3) is 11.1 Å². The second kappa shape index (κ2) is 7.80. The summed E-state index contributed by atoms with van der Waals surface area (Å²) in [6.45, 7) is 3.53. The van der Waals surface area contributed by atoms with Crippen molar-refractivity contribution >= 4 is 37.8 Å². The van der Waals surface area contributed by atoms with Gasteiger partial charge in [0.2, 0.25) is 5.13 Å². The fourth-order valence-electron chi connectivity index (χ4n) is 3.91. The summed E-state index contributed by atoms with van der Waals surface area (Å²) in [5, 5.41) is 3.24. The minimum atomic E-state index is -4.29. The molecule has 1 fully saturated rings. The summed E-state index contributed by atoms with van der Waals surface area (Å²) in [6, 6.07) is 9.38. The summed E-state index contributed by atoms with van der Waals surface area (Å²) in [5.74, 6) is -1.37. The van der Waals surface area contributed by atoms with Gasteiger partial charge in [-0.15, -0.1) is 0 Å². The number of rotatable bonds is 6. The van der Waals surface area contributed by atoms with Gasteiger partial charge in [0.25, 0.3) is 10.0 Å². The zero-order valence-electron chi connectivity index (χ0n) is 16.8. The normalized spacial score (nSPS) is 15.6. The number of oxazole rings is 1. The summed E-state index contributed by atoms with van der Waals surface area (Å²) in [7, 11) is -4.29. The van der Waals surface area contributed by atoms with E-state index in [0.717, 1.165) is 47.9 Å². The van der Waals surface area contributed by atoms with Crippen molar-refractivity contribution in [2.75, 3.05) is 17.8 Å². The first-order valence-corrected chi connectivity index (χ1v) is 12.0. The predicted molar refractivity (Wildman–Crippen MR) is 117 cm³/mol. The summed E-state index contributed by atoms with van der Waals surface area (Å²) >= 11 is 0.816. The van der Waals surface area contributed by atoms with E-state index >= 15 is 0 Å². The van der Waals surface area contributed by atoms with Gasteiger partial charge < -0.3 is 9.73 Å². The topological polar surface area (TPSA) is 119 Å². The Morgan fingerprint density at radius 3 is 2.78 bits per heavy atom. The van der Waals surface area contributed by atoms with E-state index in [9.17, 15) is 17.6 Å². The Kier molecular flexibility index (Phi) is 5.07. The van der Waals surface area contributed by atoms with Crippen molar-refractivity contribution < 1.29 is 17.2 Å². The largest absolute Gasteiger partial charge is 0.420 e. The minimum absolute atomic E-state index is 0.000710. The number of fused-ring (bicyclic) bond motifs is 1. The number of benzene rings is 2. The molecule has 0 bridgehead atoms. The Balaban J connectivity index is 1.59. The zero-order valence-corrected chi connectivity index (χ0v) is 18.4. The van der Waals surface area contributed by atoms with E-state index in [1.165, 1.54) is 10.9 Å². The smallest absolute Gasteiger partial charge is 0.408 e. The molecule has 0 saturated carbocycles. The van der Waals surface area contributed by atoms with Crippen LogP contribution in [0.2, 0.25) is 0 Å². The average molecular weight is 476 g/mol. The molecule has 32 heavy (non-hydrogen) atoms. The molecule has 0 spiro atoms. The first-order chi connectivity index (χ1) is 15.3. The van der Waals surface area contributed by atoms with E-state index < -0.39 is 32.5 Å². The number of nitrogens with one attached hydrogen (secondary N) is 2. The molecule has 9 nitrogen and oxygen atoms in total. The highest BCUT2D eigenvalue weighted by molar-refractivity contribution is 7.93. The molecular weight excluding hydrogens is 457 g/mol. The van der Waals surface area contributed by atoms with Crippen LogP contribution in [-0.2, 0) is 10.0 Å². The molecule has 1 aliphatic rings. The molecular formula is C20H18FN5O4S2. The lowest BCUT2D eigenvalue weighted by atomic mass is 9.87. The van der Waals surface area contributed by atoms with E-state index in [-0.39, 0.29) is 16.2 Å². The van der Waals surface area contributed by atoms with Crippen LogP contribution in [0, 0.1) is 5.82 Å². The van der Waals surface area contributed by atoms with Gasteiger partial charge in [0, 0.05) is 42.7 Å². The van der Waals surface area contributed by atoms with Crippen LogP contribution in [0.5, 0.6) is 0 Å². The lowest BCUT2D eigenvalue weighted by molar-refractivity contribution is 0.438. The van der Waals surface area contributed by atoms with Crippen LogP contribution in [0.15, 0.2) is 56.8 Å². The molecule has 1 saturated heterocycles. The molecule has 2 aromatic carbocycles. The summed E-state index contributed by atoms with van der Waals surface area (Å²) < 4.78 is 52.7. The molecule has 3 heterocycles. The molecule has 1 aliphatic heterocycles. The van der Waals surface area contributed by atoms with Crippen LogP contribution in [0.3, 0.4) is 0 Å². The predicted octanol–water partition coefficient (Wildman–Crippen LogP) is 2.68. The fraction of sp³-hybridized carbons (Fsp3) is 0.250. The molecule has 0 amide bonds. The number of hydrogen-bond acceptors (Lipinski definition) is 8. The summed E-state index contributed by atoms with van der Waals surface area (Å²) in [5.41, 5.74) is 2.19. The standard InChI is InChI=1S/C20H18FN5O4S2/c1-11(13-4-2-3-5-14(13)12-8-22-9-12)26-16-6-15(21)18(7-17(16)30-20(26)27)32(28,29)25-19-23-10-24-31-19/h2-7,10-12,22H,8-9H2,1H3,(H,23,24,25)/t11-/m1/s1. The van der Waals surface area contributed by atoms with Crippen molar-refractivity contribution in [3.63, 3.8) is 0 Å². The minimum Gasteiger partial charge on any atom is -0.408 e. The Hall–Kier alpha value is -3.09. The van der Waals surface area contributed by atoms with E-state index in [1.807, 2.05) is 31.2 Å². The first kappa shape index (κ1) is 20.8. The van der Waals surface area contributed by atoms with E-state index in [0.29, 0.717) is 5.92 Å². The van der Waals surface area contributed by atoms with Gasteiger partial charge in [0.15, 0.2) is 5.58 Å². The second-order valence-electron chi connectivity index (χ2n) is 7.50. The van der Waals surface area contributed by atoms with Crippen molar-refractivity contribution in [1.29, 1.82) is 0 Å². The maximum Gasteiger partial charge on any atom is 0.420 e. The molecule has 1 atom stereocenters. The fourth-order valence-corrected chi connectivity index (χ4v) is 5.64. The van der Waals surface area contributed by atoms with E-state index in [4.69, 9.17) is 4.42 Å². The first-order valence-electron chi connectivity index (χ1n) is 9.79. The van der Waals surface area contributed by atoms with Crippen LogP contribution in [-0.4, -0.2) is 35.4 Å². The number of hydrogen-bond donors (Lipinski definition) is 2. The van der Waals surface area contributed by atoms with Crippen molar-refractivity contribution in [2.24, 2.45) is 0 Å². The molecule has 0 radical (unpaired) electrons. The Bertz CT molecular complexity index is 1460. The average Bonchev–Trinajstić information content (AvgIpc) is 3.32. The van der Waals surface area contributed by atoms with Crippen LogP contribution in [0.1, 0.15) is 30.0 Å². The third-order valence-corrected chi connectivity index (χ3v) is 7.66. The summed E-state index contributed by atoms with van der Waals surface area (Å²) in [6.07, 6.45) is 1.18. The SMILES string of the molecule is C[C@H](c1ccccc1C1CNC1)n1c(=O)oc2cc(S(=O)(=O)Nc3ncns3)c(F)cc21. The molecule has 2 N–H and O–H groups in total. The molecule has 2 aromatic heterocycles. The van der Waals surface area contributed by atoms with Gasteiger partial charge in [-0.2, -0.15) is 4.37 Å². The third kappa shape index (κ3) is 3.49. The maximum atomic E-state index is 15.0. The molecule has 12 heteroatoms. The van der Waals surface area contributed by atoms with Crippen LogP contribution >= 0.6 is 11.5 Å². The number of anilines is 1. The molecule has 4 aromatic rings. The van der Waals surface area contributed by atoms with Gasteiger partial charge in [-0.05, 0) is 18.1 Å². The van der Waals surface area contributed by atoms with Crippen molar-refractivity contribution in [2.45, 2.75) is 23.8 Å². The third-order valence-electron chi connectivity index (χ3n) is 5.59. The van der Waals surface area contributed by atoms with Crippen molar-refractivity contribution in [3.8, 4) is 0 Å². The number of aromatic nitrogens is 3. The lowest BCUT2D eigenvalue weighted by Gasteiger charge is -2.31. The zero-order chi connectivity index (χ0) is 22.5. The Labute approximate surface area is 186 Å². The highest BCUT2D eigenvalue weighted by atomic mass is 32.2. The van der Waals surface area contributed by atoms with Crippen molar-refractivity contribution in [3.05, 3.63) is 70.2 Å². The molecule has 5 rings (SSSR count). The molecule has 0 unspecified atom stereocenters. The maximum absolute atomic E-state index is 15.0. The van der Waals surface area contributed by atoms with E-state index in [1.54, 1.807) is 0 Å². The van der Waals surface area contributed by atoms with Crippen LogP contribution < -0.4 is 15.8 Å². The molecule has 0 aliphatic carbocycles. The Morgan fingerprint density at radius 2 is 2.09 bits per heavy atom. The molecule has 166 valence electrons. The number of nitrogens with zero attached hydrogens (tertiary/aromatic N) is 3. The van der Waals surface area contributed by atoms with Gasteiger partial charge in [0.05, 0.1) is 11.6 Å². The highest BCUT2D eigenvalue weighted by Crippen LogP contribution is 2.32. The van der Waals surface area contributed by atoms with Crippen molar-refractivity contribution in [1.82, 2.24) is 19.2 Å².